The van der Waals surface area contributed by atoms with Gasteiger partial charge in [0.15, 0.2) is 0 Å². The van der Waals surface area contributed by atoms with Gasteiger partial charge in [0, 0.05) is 19.3 Å². The Kier molecular flexibility index (Phi) is 4.65. The summed E-state index contributed by atoms with van der Waals surface area (Å²) in [5.74, 6) is 0. The fourth-order valence-corrected chi connectivity index (χ4v) is 3.05. The maximum Gasteiger partial charge on any atom is 0.0635 e. The number of nitrogens with one attached hydrogen (secondary N) is 1. The molecule has 0 unspecified atom stereocenters. The van der Waals surface area contributed by atoms with Crippen LogP contribution in [-0.2, 0) is 10.2 Å². The molecule has 0 heterocycles. The monoisotopic (exact) mass is 247 g/mol. The first kappa shape index (κ1) is 13.4. The third kappa shape index (κ3) is 3.05. The van der Waals surface area contributed by atoms with Gasteiger partial charge in [0.1, 0.15) is 0 Å². The van der Waals surface area contributed by atoms with E-state index in [0.29, 0.717) is 5.41 Å². The van der Waals surface area contributed by atoms with Crippen LogP contribution < -0.4 is 5.32 Å². The summed E-state index contributed by atoms with van der Waals surface area (Å²) in [6, 6.07) is 8.77. The summed E-state index contributed by atoms with van der Waals surface area (Å²) in [5.41, 5.74) is 3.13. The molecule has 0 atom stereocenters. The molecular formula is C16H25NO. The molecule has 18 heavy (non-hydrogen) atoms. The zero-order chi connectivity index (χ0) is 12.8. The van der Waals surface area contributed by atoms with Crippen LogP contribution in [0.1, 0.15) is 44.6 Å². The van der Waals surface area contributed by atoms with Crippen LogP contribution in [0.3, 0.4) is 0 Å². The Labute approximate surface area is 111 Å². The molecule has 100 valence electrons. The summed E-state index contributed by atoms with van der Waals surface area (Å²) in [6.45, 7) is 4.05. The van der Waals surface area contributed by atoms with Crippen molar-refractivity contribution in [3.63, 3.8) is 0 Å². The van der Waals surface area contributed by atoms with E-state index in [1.54, 1.807) is 7.11 Å². The number of methoxy groups -OCH3 is 1. The first-order chi connectivity index (χ1) is 8.76. The number of hydrogen-bond donors (Lipinski definition) is 1. The molecule has 1 saturated carbocycles. The van der Waals surface area contributed by atoms with Gasteiger partial charge in [-0.2, -0.15) is 0 Å². The summed E-state index contributed by atoms with van der Waals surface area (Å²) in [7, 11) is 1.75. The van der Waals surface area contributed by atoms with E-state index < -0.39 is 0 Å². The third-order valence-corrected chi connectivity index (χ3v) is 4.16. The standard InChI is InChI=1S/C16H25NO/c1-16(10-6-3-7-11-16)14-8-4-5-9-15(14)17-12-13-18-2/h4-5,8-9,17H,3,6-7,10-13H2,1-2H3. The highest BCUT2D eigenvalue weighted by atomic mass is 16.5. The van der Waals surface area contributed by atoms with Crippen molar-refractivity contribution in [1.82, 2.24) is 0 Å². The normalized spacial score (nSPS) is 18.6. The summed E-state index contributed by atoms with van der Waals surface area (Å²) in [6.07, 6.45) is 6.76. The first-order valence-corrected chi connectivity index (χ1v) is 7.08. The van der Waals surface area contributed by atoms with Gasteiger partial charge in [0.2, 0.25) is 0 Å². The van der Waals surface area contributed by atoms with Crippen LogP contribution in [-0.4, -0.2) is 20.3 Å². The van der Waals surface area contributed by atoms with E-state index in [0.717, 1.165) is 13.2 Å². The van der Waals surface area contributed by atoms with E-state index in [-0.39, 0.29) is 0 Å². The van der Waals surface area contributed by atoms with Gasteiger partial charge in [0.25, 0.3) is 0 Å². The summed E-state index contributed by atoms with van der Waals surface area (Å²) < 4.78 is 5.11. The number of ether oxygens (including phenoxy) is 1. The van der Waals surface area contributed by atoms with E-state index in [1.807, 2.05) is 0 Å². The van der Waals surface area contributed by atoms with Gasteiger partial charge >= 0.3 is 0 Å². The lowest BCUT2D eigenvalue weighted by atomic mass is 9.70. The van der Waals surface area contributed by atoms with Crippen LogP contribution in [0.4, 0.5) is 5.69 Å². The predicted octanol–water partition coefficient (Wildman–Crippen LogP) is 3.97. The highest BCUT2D eigenvalue weighted by molar-refractivity contribution is 5.54. The molecule has 1 aromatic rings. The third-order valence-electron chi connectivity index (χ3n) is 4.16. The Morgan fingerprint density at radius 3 is 2.61 bits per heavy atom. The van der Waals surface area contributed by atoms with Crippen LogP contribution in [0.25, 0.3) is 0 Å². The number of benzene rings is 1. The molecule has 2 rings (SSSR count). The average Bonchev–Trinajstić information content (AvgIpc) is 2.40. The maximum absolute atomic E-state index is 5.11. The molecule has 2 nitrogen and oxygen atoms in total. The highest BCUT2D eigenvalue weighted by Gasteiger charge is 2.30. The first-order valence-electron chi connectivity index (χ1n) is 7.08. The molecular weight excluding hydrogens is 222 g/mol. The van der Waals surface area contributed by atoms with Gasteiger partial charge < -0.3 is 10.1 Å². The molecule has 1 aliphatic rings. The maximum atomic E-state index is 5.11. The molecule has 0 amide bonds. The zero-order valence-electron chi connectivity index (χ0n) is 11.7. The second-order valence-electron chi connectivity index (χ2n) is 5.59. The van der Waals surface area contributed by atoms with Gasteiger partial charge in [-0.05, 0) is 29.9 Å². The Balaban J connectivity index is 2.15. The second-order valence-corrected chi connectivity index (χ2v) is 5.59. The summed E-state index contributed by atoms with van der Waals surface area (Å²) in [5, 5.41) is 3.51. The molecule has 1 N–H and O–H groups in total. The molecule has 0 bridgehead atoms. The molecule has 0 spiro atoms. The predicted molar refractivity (Wildman–Crippen MR) is 77.2 cm³/mol. The SMILES string of the molecule is COCCNc1ccccc1C1(C)CCCCC1. The van der Waals surface area contributed by atoms with Gasteiger partial charge in [-0.25, -0.2) is 0 Å². The van der Waals surface area contributed by atoms with Gasteiger partial charge in [-0.1, -0.05) is 44.4 Å². The molecule has 1 aliphatic carbocycles. The van der Waals surface area contributed by atoms with Crippen LogP contribution in [0.15, 0.2) is 24.3 Å². The van der Waals surface area contributed by atoms with Crippen molar-refractivity contribution < 1.29 is 4.74 Å². The van der Waals surface area contributed by atoms with Crippen LogP contribution in [0, 0.1) is 0 Å². The Morgan fingerprint density at radius 2 is 1.89 bits per heavy atom. The van der Waals surface area contributed by atoms with Crippen LogP contribution in [0.2, 0.25) is 0 Å². The van der Waals surface area contributed by atoms with Crippen molar-refractivity contribution in [3.05, 3.63) is 29.8 Å². The second kappa shape index (κ2) is 6.24. The van der Waals surface area contributed by atoms with E-state index in [2.05, 4.69) is 36.5 Å². The van der Waals surface area contributed by atoms with E-state index in [4.69, 9.17) is 4.74 Å². The highest BCUT2D eigenvalue weighted by Crippen LogP contribution is 2.41. The Morgan fingerprint density at radius 1 is 1.17 bits per heavy atom. The van der Waals surface area contributed by atoms with Gasteiger partial charge in [-0.15, -0.1) is 0 Å². The van der Waals surface area contributed by atoms with Crippen LogP contribution >= 0.6 is 0 Å². The lowest BCUT2D eigenvalue weighted by Crippen LogP contribution is -2.26. The quantitative estimate of drug-likeness (QED) is 0.795. The largest absolute Gasteiger partial charge is 0.383 e. The minimum Gasteiger partial charge on any atom is -0.383 e. The molecule has 0 aromatic heterocycles. The fraction of sp³-hybridized carbons (Fsp3) is 0.625. The smallest absolute Gasteiger partial charge is 0.0635 e. The van der Waals surface area contributed by atoms with E-state index in [9.17, 15) is 0 Å². The van der Waals surface area contributed by atoms with Crippen molar-refractivity contribution in [1.29, 1.82) is 0 Å². The number of para-hydroxylation sites is 1. The van der Waals surface area contributed by atoms with Crippen molar-refractivity contribution in [2.75, 3.05) is 25.6 Å². The molecule has 1 fully saturated rings. The Hall–Kier alpha value is -1.02. The van der Waals surface area contributed by atoms with E-state index >= 15 is 0 Å². The van der Waals surface area contributed by atoms with Gasteiger partial charge in [-0.3, -0.25) is 0 Å². The Bertz CT molecular complexity index is 369. The number of anilines is 1. The van der Waals surface area contributed by atoms with Crippen molar-refractivity contribution in [2.24, 2.45) is 0 Å². The number of rotatable bonds is 5. The summed E-state index contributed by atoms with van der Waals surface area (Å²) in [4.78, 5) is 0. The summed E-state index contributed by atoms with van der Waals surface area (Å²) >= 11 is 0. The minimum atomic E-state index is 0.356. The zero-order valence-corrected chi connectivity index (χ0v) is 11.7. The van der Waals surface area contributed by atoms with Crippen molar-refractivity contribution in [3.8, 4) is 0 Å². The molecule has 0 radical (unpaired) electrons. The molecule has 0 aliphatic heterocycles. The molecule has 2 heteroatoms. The van der Waals surface area contributed by atoms with E-state index in [1.165, 1.54) is 43.4 Å². The molecule has 0 saturated heterocycles. The molecule has 1 aromatic carbocycles. The van der Waals surface area contributed by atoms with Crippen molar-refractivity contribution >= 4 is 5.69 Å². The minimum absolute atomic E-state index is 0.356. The number of hydrogen-bond acceptors (Lipinski definition) is 2. The topological polar surface area (TPSA) is 21.3 Å². The lowest BCUT2D eigenvalue weighted by molar-refractivity contribution is 0.210. The lowest BCUT2D eigenvalue weighted by Gasteiger charge is -2.35. The van der Waals surface area contributed by atoms with Crippen molar-refractivity contribution in [2.45, 2.75) is 44.4 Å². The average molecular weight is 247 g/mol. The van der Waals surface area contributed by atoms with Crippen LogP contribution in [0.5, 0.6) is 0 Å². The van der Waals surface area contributed by atoms with Gasteiger partial charge in [0.05, 0.1) is 6.61 Å². The fourth-order valence-electron chi connectivity index (χ4n) is 3.05.